The first-order chi connectivity index (χ1) is 14.3. The number of halogens is 2. The Hall–Kier alpha value is -2.54. The molecule has 0 heterocycles. The number of nitrogens with one attached hydrogen (secondary N) is 1. The number of aryl methyl sites for hydroxylation is 1. The molecule has 3 aromatic rings. The number of ether oxygens (including phenoxy) is 1. The maximum atomic E-state index is 12.4. The predicted octanol–water partition coefficient (Wildman–Crippen LogP) is 5.33. The van der Waals surface area contributed by atoms with Crippen molar-refractivity contribution in [3.05, 3.63) is 99.5 Å². The Morgan fingerprint density at radius 2 is 1.60 bits per heavy atom. The number of sulfonamides is 1. The van der Waals surface area contributed by atoms with Gasteiger partial charge in [0.05, 0.1) is 21.4 Å². The number of carbonyl (C=O) groups excluding carboxylic acids is 1. The zero-order valence-electron chi connectivity index (χ0n) is 15.8. The van der Waals surface area contributed by atoms with Gasteiger partial charge in [-0.25, -0.2) is 13.2 Å². The fourth-order valence-electron chi connectivity index (χ4n) is 2.70. The van der Waals surface area contributed by atoms with Gasteiger partial charge in [0.2, 0.25) is 10.0 Å². The van der Waals surface area contributed by atoms with Crippen molar-refractivity contribution in [2.24, 2.45) is 0 Å². The number of hydrogen-bond donors (Lipinski definition) is 1. The van der Waals surface area contributed by atoms with Gasteiger partial charge in [0.15, 0.2) is 0 Å². The van der Waals surface area contributed by atoms with Crippen LogP contribution in [0, 0.1) is 0 Å². The molecule has 0 fully saturated rings. The van der Waals surface area contributed by atoms with E-state index >= 15 is 0 Å². The van der Waals surface area contributed by atoms with Crippen molar-refractivity contribution in [1.82, 2.24) is 0 Å². The molecule has 0 aliphatic carbocycles. The van der Waals surface area contributed by atoms with Gasteiger partial charge >= 0.3 is 5.97 Å². The van der Waals surface area contributed by atoms with Crippen LogP contribution in [0.1, 0.15) is 21.5 Å². The van der Waals surface area contributed by atoms with Crippen molar-refractivity contribution in [3.8, 4) is 0 Å². The van der Waals surface area contributed by atoms with Gasteiger partial charge in [0, 0.05) is 5.69 Å². The molecule has 30 heavy (non-hydrogen) atoms. The maximum absolute atomic E-state index is 12.4. The van der Waals surface area contributed by atoms with Crippen molar-refractivity contribution in [1.29, 1.82) is 0 Å². The first-order valence-corrected chi connectivity index (χ1v) is 11.5. The molecule has 0 aromatic heterocycles. The van der Waals surface area contributed by atoms with Gasteiger partial charge in [0.25, 0.3) is 0 Å². The molecule has 5 nitrogen and oxygen atoms in total. The van der Waals surface area contributed by atoms with E-state index in [0.29, 0.717) is 26.9 Å². The van der Waals surface area contributed by atoms with Gasteiger partial charge in [-0.05, 0) is 47.9 Å². The lowest BCUT2D eigenvalue weighted by atomic mass is 10.2. The van der Waals surface area contributed by atoms with Crippen LogP contribution in [0.3, 0.4) is 0 Å². The summed E-state index contributed by atoms with van der Waals surface area (Å²) < 4.78 is 32.5. The number of benzene rings is 3. The standard InChI is InChI=1S/C22H19Cl2NO4S/c23-20-8-4-7-17(21(20)24)13-14-30(27,28)25-19-11-9-18(10-12-19)22(26)29-15-16-5-2-1-3-6-16/h1-12,25H,13-15H2. The van der Waals surface area contributed by atoms with Gasteiger partial charge in [0.1, 0.15) is 6.61 Å². The molecular weight excluding hydrogens is 445 g/mol. The molecule has 0 bridgehead atoms. The lowest BCUT2D eigenvalue weighted by Gasteiger charge is -2.10. The third-order valence-corrected chi connectivity index (χ3v) is 6.42. The maximum Gasteiger partial charge on any atom is 0.338 e. The van der Waals surface area contributed by atoms with E-state index in [2.05, 4.69) is 4.72 Å². The Morgan fingerprint density at radius 3 is 2.30 bits per heavy atom. The third-order valence-electron chi connectivity index (χ3n) is 4.28. The normalized spacial score (nSPS) is 11.1. The molecule has 0 amide bonds. The van der Waals surface area contributed by atoms with Gasteiger partial charge in [-0.3, -0.25) is 4.72 Å². The number of rotatable bonds is 8. The molecule has 0 aliphatic heterocycles. The summed E-state index contributed by atoms with van der Waals surface area (Å²) in [4.78, 5) is 12.1. The summed E-state index contributed by atoms with van der Waals surface area (Å²) in [5.41, 5.74) is 2.23. The van der Waals surface area contributed by atoms with Crippen LogP contribution in [-0.4, -0.2) is 20.1 Å². The Morgan fingerprint density at radius 1 is 0.900 bits per heavy atom. The minimum atomic E-state index is -3.61. The fourth-order valence-corrected chi connectivity index (χ4v) is 4.20. The van der Waals surface area contributed by atoms with E-state index in [-0.39, 0.29) is 18.8 Å². The Kier molecular flexibility index (Phi) is 7.37. The monoisotopic (exact) mass is 463 g/mol. The molecule has 156 valence electrons. The van der Waals surface area contributed by atoms with E-state index < -0.39 is 16.0 Å². The van der Waals surface area contributed by atoms with Crippen molar-refractivity contribution in [3.63, 3.8) is 0 Å². The summed E-state index contributed by atoms with van der Waals surface area (Å²) >= 11 is 12.1. The highest BCUT2D eigenvalue weighted by atomic mass is 35.5. The van der Waals surface area contributed by atoms with Gasteiger partial charge in [-0.15, -0.1) is 0 Å². The highest BCUT2D eigenvalue weighted by molar-refractivity contribution is 7.92. The molecule has 1 N–H and O–H groups in total. The Labute approximate surface area is 185 Å². The number of anilines is 1. The molecule has 3 aromatic carbocycles. The summed E-state index contributed by atoms with van der Waals surface area (Å²) in [6.07, 6.45) is 0.221. The van der Waals surface area contributed by atoms with Crippen molar-refractivity contribution >= 4 is 44.9 Å². The molecule has 0 saturated carbocycles. The first kappa shape index (κ1) is 22.2. The number of hydrogen-bond acceptors (Lipinski definition) is 4. The zero-order valence-corrected chi connectivity index (χ0v) is 18.2. The molecule has 0 saturated heterocycles. The second kappa shape index (κ2) is 9.98. The van der Waals surface area contributed by atoms with Crippen LogP contribution in [0.4, 0.5) is 5.69 Å². The van der Waals surface area contributed by atoms with Crippen LogP contribution in [0.25, 0.3) is 0 Å². The zero-order chi connectivity index (χ0) is 21.6. The predicted molar refractivity (Wildman–Crippen MR) is 120 cm³/mol. The SMILES string of the molecule is O=C(OCc1ccccc1)c1ccc(NS(=O)(=O)CCc2cccc(Cl)c2Cl)cc1. The van der Waals surface area contributed by atoms with Crippen LogP contribution < -0.4 is 4.72 Å². The summed E-state index contributed by atoms with van der Waals surface area (Å²) in [6, 6.07) is 20.5. The van der Waals surface area contributed by atoms with Crippen LogP contribution in [0.15, 0.2) is 72.8 Å². The molecule has 0 atom stereocenters. The quantitative estimate of drug-likeness (QED) is 0.457. The highest BCUT2D eigenvalue weighted by Crippen LogP contribution is 2.26. The second-order valence-electron chi connectivity index (χ2n) is 6.52. The summed E-state index contributed by atoms with van der Waals surface area (Å²) in [5, 5.41) is 0.738. The summed E-state index contributed by atoms with van der Waals surface area (Å²) in [6.45, 7) is 0.167. The van der Waals surface area contributed by atoms with Crippen LogP contribution in [-0.2, 0) is 27.8 Å². The average molecular weight is 464 g/mol. The summed E-state index contributed by atoms with van der Waals surface area (Å²) in [5.74, 6) is -0.641. The largest absolute Gasteiger partial charge is 0.457 e. The molecular formula is C22H19Cl2NO4S. The van der Waals surface area contributed by atoms with Crippen molar-refractivity contribution in [2.45, 2.75) is 13.0 Å². The third kappa shape index (κ3) is 6.23. The van der Waals surface area contributed by atoms with E-state index in [1.807, 2.05) is 30.3 Å². The molecule has 8 heteroatoms. The molecule has 0 spiro atoms. The molecule has 0 unspecified atom stereocenters. The van der Waals surface area contributed by atoms with Crippen molar-refractivity contribution in [2.75, 3.05) is 10.5 Å². The van der Waals surface area contributed by atoms with E-state index in [9.17, 15) is 13.2 Å². The van der Waals surface area contributed by atoms with Crippen LogP contribution in [0.5, 0.6) is 0 Å². The lowest BCUT2D eigenvalue weighted by molar-refractivity contribution is 0.0472. The fraction of sp³-hybridized carbons (Fsp3) is 0.136. The highest BCUT2D eigenvalue weighted by Gasteiger charge is 2.14. The van der Waals surface area contributed by atoms with E-state index in [1.165, 1.54) is 24.3 Å². The summed E-state index contributed by atoms with van der Waals surface area (Å²) in [7, 11) is -3.61. The minimum Gasteiger partial charge on any atom is -0.457 e. The topological polar surface area (TPSA) is 72.5 Å². The average Bonchev–Trinajstić information content (AvgIpc) is 2.74. The first-order valence-electron chi connectivity index (χ1n) is 9.08. The molecule has 3 rings (SSSR count). The lowest BCUT2D eigenvalue weighted by Crippen LogP contribution is -2.18. The van der Waals surface area contributed by atoms with E-state index in [4.69, 9.17) is 27.9 Å². The number of carbonyl (C=O) groups is 1. The molecule has 0 aliphatic rings. The smallest absolute Gasteiger partial charge is 0.338 e. The molecule has 0 radical (unpaired) electrons. The van der Waals surface area contributed by atoms with E-state index in [0.717, 1.165) is 5.56 Å². The second-order valence-corrected chi connectivity index (χ2v) is 9.15. The Balaban J connectivity index is 1.56. The van der Waals surface area contributed by atoms with Crippen molar-refractivity contribution < 1.29 is 17.9 Å². The van der Waals surface area contributed by atoms with E-state index in [1.54, 1.807) is 18.2 Å². The van der Waals surface area contributed by atoms with Gasteiger partial charge in [-0.1, -0.05) is 65.7 Å². The van der Waals surface area contributed by atoms with Gasteiger partial charge < -0.3 is 4.74 Å². The minimum absolute atomic E-state index is 0.159. The van der Waals surface area contributed by atoms with Gasteiger partial charge in [-0.2, -0.15) is 0 Å². The van der Waals surface area contributed by atoms with Crippen LogP contribution >= 0.6 is 23.2 Å². The Bertz CT molecular complexity index is 1120. The number of esters is 1. The van der Waals surface area contributed by atoms with Crippen LogP contribution in [0.2, 0.25) is 10.0 Å².